The molecule has 0 atom stereocenters. The highest BCUT2D eigenvalue weighted by Crippen LogP contribution is 2.24. The van der Waals surface area contributed by atoms with Crippen molar-refractivity contribution in [3.63, 3.8) is 0 Å². The lowest BCUT2D eigenvalue weighted by atomic mass is 10.0. The van der Waals surface area contributed by atoms with Crippen LogP contribution in [0.25, 0.3) is 5.69 Å². The fourth-order valence-corrected chi connectivity index (χ4v) is 4.03. The van der Waals surface area contributed by atoms with Crippen LogP contribution in [0.4, 0.5) is 9.59 Å². The number of aromatic nitrogens is 4. The minimum atomic E-state index is -0.496. The molecule has 2 aliphatic rings. The molecule has 1 aromatic heterocycles. The van der Waals surface area contributed by atoms with Gasteiger partial charge < -0.3 is 19.4 Å². The molecule has 10 heteroatoms. The van der Waals surface area contributed by atoms with E-state index in [2.05, 4.69) is 15.5 Å². The van der Waals surface area contributed by atoms with Gasteiger partial charge in [-0.1, -0.05) is 12.1 Å². The lowest BCUT2D eigenvalue weighted by molar-refractivity contribution is 0.0170. The number of likely N-dealkylation sites (tertiary alicyclic amines) is 1. The summed E-state index contributed by atoms with van der Waals surface area (Å²) in [7, 11) is 0. The van der Waals surface area contributed by atoms with Crippen LogP contribution in [0.15, 0.2) is 30.6 Å². The Balaban J connectivity index is 1.29. The van der Waals surface area contributed by atoms with E-state index in [1.54, 1.807) is 15.9 Å². The molecule has 166 valence electrons. The number of hydrogen-bond donors (Lipinski definition) is 0. The number of ether oxygens (including phenoxy) is 1. The zero-order valence-corrected chi connectivity index (χ0v) is 18.3. The predicted molar refractivity (Wildman–Crippen MR) is 112 cm³/mol. The Kier molecular flexibility index (Phi) is 5.79. The van der Waals surface area contributed by atoms with Gasteiger partial charge in [0.2, 0.25) is 0 Å². The maximum absolute atomic E-state index is 13.0. The van der Waals surface area contributed by atoms with Crippen molar-refractivity contribution in [3.05, 3.63) is 36.2 Å². The molecule has 3 heterocycles. The first kappa shape index (κ1) is 21.1. The highest BCUT2D eigenvalue weighted by atomic mass is 16.6. The molecule has 0 spiro atoms. The van der Waals surface area contributed by atoms with Gasteiger partial charge in [-0.05, 0) is 61.7 Å². The number of carbonyl (C=O) groups is 2. The number of benzene rings is 1. The molecule has 3 amide bonds. The first-order valence-electron chi connectivity index (χ1n) is 10.7. The second kappa shape index (κ2) is 8.52. The van der Waals surface area contributed by atoms with Gasteiger partial charge in [0.05, 0.1) is 5.69 Å². The summed E-state index contributed by atoms with van der Waals surface area (Å²) in [6.07, 6.45) is 2.83. The lowest BCUT2D eigenvalue weighted by Crippen LogP contribution is -2.49. The molecule has 0 saturated carbocycles. The zero-order chi connectivity index (χ0) is 22.0. The van der Waals surface area contributed by atoms with Crippen molar-refractivity contribution in [1.29, 1.82) is 0 Å². The Morgan fingerprint density at radius 2 is 1.81 bits per heavy atom. The van der Waals surface area contributed by atoms with Gasteiger partial charge in [0.1, 0.15) is 11.9 Å². The fourth-order valence-electron chi connectivity index (χ4n) is 4.03. The Morgan fingerprint density at radius 3 is 2.42 bits per heavy atom. The highest BCUT2D eigenvalue weighted by molar-refractivity contribution is 5.77. The van der Waals surface area contributed by atoms with Gasteiger partial charge >= 0.3 is 12.1 Å². The van der Waals surface area contributed by atoms with Crippen molar-refractivity contribution in [1.82, 2.24) is 34.9 Å². The van der Waals surface area contributed by atoms with Crippen LogP contribution in [-0.4, -0.2) is 84.9 Å². The van der Waals surface area contributed by atoms with Crippen molar-refractivity contribution >= 4 is 12.1 Å². The van der Waals surface area contributed by atoms with E-state index in [1.165, 1.54) is 0 Å². The second-order valence-corrected chi connectivity index (χ2v) is 9.02. The smallest absolute Gasteiger partial charge is 0.410 e. The predicted octanol–water partition coefficient (Wildman–Crippen LogP) is 2.30. The van der Waals surface area contributed by atoms with Crippen LogP contribution < -0.4 is 0 Å². The fraction of sp³-hybridized carbons (Fsp3) is 0.571. The minimum absolute atomic E-state index is 0.0697. The summed E-state index contributed by atoms with van der Waals surface area (Å²) in [6, 6.07) is 8.10. The Hall–Kier alpha value is -3.17. The van der Waals surface area contributed by atoms with Gasteiger partial charge in [-0.15, -0.1) is 5.10 Å². The van der Waals surface area contributed by atoms with Crippen LogP contribution in [0.1, 0.15) is 39.2 Å². The molecule has 0 bridgehead atoms. The van der Waals surface area contributed by atoms with E-state index >= 15 is 0 Å². The molecule has 0 radical (unpaired) electrons. The first-order valence-corrected chi connectivity index (χ1v) is 10.7. The van der Waals surface area contributed by atoms with Gasteiger partial charge in [0.15, 0.2) is 0 Å². The molecule has 2 fully saturated rings. The van der Waals surface area contributed by atoms with Gasteiger partial charge in [-0.25, -0.2) is 14.3 Å². The van der Waals surface area contributed by atoms with Crippen molar-refractivity contribution in [2.45, 2.75) is 51.8 Å². The summed E-state index contributed by atoms with van der Waals surface area (Å²) >= 11 is 0. The molecule has 2 saturated heterocycles. The molecule has 0 N–H and O–H groups in total. The maximum Gasteiger partial charge on any atom is 0.410 e. The van der Waals surface area contributed by atoms with Crippen molar-refractivity contribution < 1.29 is 14.3 Å². The molecule has 1 aromatic carbocycles. The summed E-state index contributed by atoms with van der Waals surface area (Å²) in [6.45, 7) is 8.84. The Morgan fingerprint density at radius 1 is 1.10 bits per heavy atom. The van der Waals surface area contributed by atoms with E-state index < -0.39 is 5.60 Å². The second-order valence-electron chi connectivity index (χ2n) is 9.02. The molecule has 0 unspecified atom stereocenters. The van der Waals surface area contributed by atoms with E-state index in [9.17, 15) is 9.59 Å². The summed E-state index contributed by atoms with van der Waals surface area (Å²) in [5.74, 6) is 0. The van der Waals surface area contributed by atoms with E-state index in [0.717, 1.165) is 30.6 Å². The van der Waals surface area contributed by atoms with Crippen LogP contribution in [-0.2, 0) is 11.3 Å². The third-order valence-electron chi connectivity index (χ3n) is 5.61. The number of urea groups is 1. The largest absolute Gasteiger partial charge is 0.444 e. The van der Waals surface area contributed by atoms with Gasteiger partial charge in [0.25, 0.3) is 0 Å². The third kappa shape index (κ3) is 4.95. The van der Waals surface area contributed by atoms with Crippen molar-refractivity contribution in [3.8, 4) is 5.69 Å². The number of nitrogens with zero attached hydrogens (tertiary/aromatic N) is 7. The van der Waals surface area contributed by atoms with Crippen LogP contribution in [0.5, 0.6) is 0 Å². The van der Waals surface area contributed by atoms with E-state index in [1.807, 2.05) is 54.8 Å². The minimum Gasteiger partial charge on any atom is -0.444 e. The van der Waals surface area contributed by atoms with E-state index in [4.69, 9.17) is 4.74 Å². The molecular weight excluding hydrogens is 398 g/mol. The molecule has 10 nitrogen and oxygen atoms in total. The van der Waals surface area contributed by atoms with Gasteiger partial charge in [-0.2, -0.15) is 0 Å². The summed E-state index contributed by atoms with van der Waals surface area (Å²) in [5.41, 5.74) is 1.44. The third-order valence-corrected chi connectivity index (χ3v) is 5.61. The number of amides is 3. The highest BCUT2D eigenvalue weighted by Gasteiger charge is 2.36. The van der Waals surface area contributed by atoms with Crippen LogP contribution >= 0.6 is 0 Å². The topological polar surface area (TPSA) is 96.7 Å². The van der Waals surface area contributed by atoms with Gasteiger partial charge in [0, 0.05) is 38.8 Å². The molecule has 4 rings (SSSR count). The number of carbonyl (C=O) groups excluding carboxylic acids is 2. The van der Waals surface area contributed by atoms with E-state index in [-0.39, 0.29) is 18.2 Å². The van der Waals surface area contributed by atoms with Gasteiger partial charge in [-0.3, -0.25) is 0 Å². The number of tetrazole rings is 1. The average molecular weight is 428 g/mol. The molecule has 2 aliphatic heterocycles. The average Bonchev–Trinajstić information content (AvgIpc) is 3.38. The van der Waals surface area contributed by atoms with Crippen molar-refractivity contribution in [2.24, 2.45) is 0 Å². The quantitative estimate of drug-likeness (QED) is 0.743. The summed E-state index contributed by atoms with van der Waals surface area (Å²) in [4.78, 5) is 30.8. The molecule has 31 heavy (non-hydrogen) atoms. The number of piperidine rings is 1. The first-order chi connectivity index (χ1) is 14.8. The molecule has 0 aliphatic carbocycles. The van der Waals surface area contributed by atoms with Crippen LogP contribution in [0, 0.1) is 0 Å². The summed E-state index contributed by atoms with van der Waals surface area (Å²) in [5, 5.41) is 11.2. The number of rotatable bonds is 4. The normalized spacial score (nSPS) is 18.0. The van der Waals surface area contributed by atoms with Crippen LogP contribution in [0.2, 0.25) is 0 Å². The SMILES string of the molecule is CC(C)(C)OC(=O)N1CCC(N2CCN(Cc3ccc(-n4cnnn4)cc3)C2=O)CC1. The van der Waals surface area contributed by atoms with Crippen LogP contribution in [0.3, 0.4) is 0 Å². The maximum atomic E-state index is 13.0. The lowest BCUT2D eigenvalue weighted by Gasteiger charge is -2.37. The monoisotopic (exact) mass is 427 g/mol. The molecule has 2 aromatic rings. The van der Waals surface area contributed by atoms with E-state index in [0.29, 0.717) is 26.2 Å². The standard InChI is InChI=1S/C21H29N7O3/c1-21(2,3)31-20(30)25-10-8-17(9-11-25)27-13-12-26(19(27)29)14-16-4-6-18(7-5-16)28-15-22-23-24-28/h4-7,15,17H,8-14H2,1-3H3. The zero-order valence-electron chi connectivity index (χ0n) is 18.3. The summed E-state index contributed by atoms with van der Waals surface area (Å²) < 4.78 is 7.05. The Labute approximate surface area is 181 Å². The number of hydrogen-bond acceptors (Lipinski definition) is 6. The molecular formula is C21H29N7O3. The Bertz CT molecular complexity index is 900. The van der Waals surface area contributed by atoms with Crippen molar-refractivity contribution in [2.75, 3.05) is 26.2 Å².